The molecule has 3 unspecified atom stereocenters. The highest BCUT2D eigenvalue weighted by Crippen LogP contribution is 2.20. The van der Waals surface area contributed by atoms with E-state index in [0.717, 1.165) is 19.3 Å². The van der Waals surface area contributed by atoms with Crippen LogP contribution in [0, 0.1) is 11.3 Å². The molecule has 0 saturated heterocycles. The number of amides is 1. The molecule has 5 nitrogen and oxygen atoms in total. The number of carboxylic acids is 1. The zero-order valence-corrected chi connectivity index (χ0v) is 12.5. The summed E-state index contributed by atoms with van der Waals surface area (Å²) in [5, 5.41) is 11.9. The first-order valence-corrected chi connectivity index (χ1v) is 6.99. The Bertz CT molecular complexity index is 305. The summed E-state index contributed by atoms with van der Waals surface area (Å²) in [5.74, 6) is -1.06. The summed E-state index contributed by atoms with van der Waals surface area (Å²) >= 11 is 0. The largest absolute Gasteiger partial charge is 0.481 e. The smallest absolute Gasteiger partial charge is 0.311 e. The summed E-state index contributed by atoms with van der Waals surface area (Å²) in [6, 6.07) is 0.158. The van der Waals surface area contributed by atoms with Gasteiger partial charge in [0.25, 0.3) is 0 Å². The van der Waals surface area contributed by atoms with Crippen LogP contribution >= 0.6 is 0 Å². The minimum absolute atomic E-state index is 0.0781. The predicted octanol–water partition coefficient (Wildman–Crippen LogP) is 1.76. The number of carbonyl (C=O) groups excluding carboxylic acids is 1. The minimum atomic E-state index is -0.888. The Kier molecular flexibility index (Phi) is 7.68. The van der Waals surface area contributed by atoms with Gasteiger partial charge < -0.3 is 16.2 Å². The molecule has 4 N–H and O–H groups in total. The van der Waals surface area contributed by atoms with Crippen LogP contribution in [-0.4, -0.2) is 29.6 Å². The predicted molar refractivity (Wildman–Crippen MR) is 75.7 cm³/mol. The maximum Gasteiger partial charge on any atom is 0.311 e. The fourth-order valence-electron chi connectivity index (χ4n) is 1.69. The van der Waals surface area contributed by atoms with E-state index in [0.29, 0.717) is 6.42 Å². The van der Waals surface area contributed by atoms with Crippen molar-refractivity contribution in [2.75, 3.05) is 6.54 Å². The lowest BCUT2D eigenvalue weighted by molar-refractivity contribution is -0.148. The van der Waals surface area contributed by atoms with Crippen LogP contribution in [0.25, 0.3) is 0 Å². The van der Waals surface area contributed by atoms with E-state index in [4.69, 9.17) is 10.8 Å². The third-order valence-electron chi connectivity index (χ3n) is 3.69. The molecule has 19 heavy (non-hydrogen) atoms. The summed E-state index contributed by atoms with van der Waals surface area (Å²) in [7, 11) is 0. The van der Waals surface area contributed by atoms with Gasteiger partial charge in [0.2, 0.25) is 5.91 Å². The molecule has 1 amide bonds. The van der Waals surface area contributed by atoms with Gasteiger partial charge in [-0.1, -0.05) is 20.3 Å². The Labute approximate surface area is 115 Å². The average Bonchev–Trinajstić information content (AvgIpc) is 2.34. The van der Waals surface area contributed by atoms with E-state index in [1.165, 1.54) is 0 Å². The highest BCUT2D eigenvalue weighted by atomic mass is 16.4. The van der Waals surface area contributed by atoms with Crippen LogP contribution in [-0.2, 0) is 9.59 Å². The zero-order valence-electron chi connectivity index (χ0n) is 12.5. The number of carboxylic acid groups (broad SMARTS) is 1. The Balaban J connectivity index is 4.12. The lowest BCUT2D eigenvalue weighted by Gasteiger charge is -2.24. The summed E-state index contributed by atoms with van der Waals surface area (Å²) in [5.41, 5.74) is 4.77. The fraction of sp³-hybridized carbons (Fsp3) is 0.857. The van der Waals surface area contributed by atoms with Gasteiger partial charge in [0, 0.05) is 18.5 Å². The number of rotatable bonds is 9. The number of hydrogen-bond donors (Lipinski definition) is 3. The number of carbonyl (C=O) groups is 2. The SMILES string of the molecule is CCC(C)(CNC(=O)C(C)CCCC(C)N)C(=O)O. The van der Waals surface area contributed by atoms with Crippen molar-refractivity contribution in [2.24, 2.45) is 17.1 Å². The second kappa shape index (κ2) is 8.15. The standard InChI is InChI=1S/C14H28N2O3/c1-5-14(4,13(18)19)9-16-12(17)10(2)7-6-8-11(3)15/h10-11H,5-9,15H2,1-4H3,(H,16,17)(H,18,19). The first kappa shape index (κ1) is 17.9. The molecule has 3 atom stereocenters. The van der Waals surface area contributed by atoms with Crippen molar-refractivity contribution in [1.82, 2.24) is 5.32 Å². The van der Waals surface area contributed by atoms with Crippen molar-refractivity contribution in [1.29, 1.82) is 0 Å². The van der Waals surface area contributed by atoms with Crippen LogP contribution < -0.4 is 11.1 Å². The molecule has 0 rings (SSSR count). The highest BCUT2D eigenvalue weighted by molar-refractivity contribution is 5.80. The van der Waals surface area contributed by atoms with E-state index in [1.54, 1.807) is 6.92 Å². The topological polar surface area (TPSA) is 92.4 Å². The van der Waals surface area contributed by atoms with Crippen molar-refractivity contribution in [3.8, 4) is 0 Å². The molecule has 0 bridgehead atoms. The highest BCUT2D eigenvalue weighted by Gasteiger charge is 2.31. The quantitative estimate of drug-likeness (QED) is 0.596. The van der Waals surface area contributed by atoms with E-state index < -0.39 is 11.4 Å². The molecule has 5 heteroatoms. The van der Waals surface area contributed by atoms with E-state index >= 15 is 0 Å². The van der Waals surface area contributed by atoms with Crippen LogP contribution in [0.4, 0.5) is 0 Å². The van der Waals surface area contributed by atoms with Crippen molar-refractivity contribution in [3.63, 3.8) is 0 Å². The number of nitrogens with one attached hydrogen (secondary N) is 1. The van der Waals surface area contributed by atoms with Crippen LogP contribution in [0.5, 0.6) is 0 Å². The molecular formula is C14H28N2O3. The van der Waals surface area contributed by atoms with Crippen molar-refractivity contribution < 1.29 is 14.7 Å². The third-order valence-corrected chi connectivity index (χ3v) is 3.69. The van der Waals surface area contributed by atoms with E-state index in [2.05, 4.69) is 5.32 Å². The normalized spacial score (nSPS) is 17.3. The Morgan fingerprint density at radius 2 is 1.89 bits per heavy atom. The van der Waals surface area contributed by atoms with Crippen LogP contribution in [0.3, 0.4) is 0 Å². The number of aliphatic carboxylic acids is 1. The number of hydrogen-bond acceptors (Lipinski definition) is 3. The molecule has 0 radical (unpaired) electrons. The molecule has 0 spiro atoms. The molecule has 0 aliphatic heterocycles. The molecule has 0 heterocycles. The van der Waals surface area contributed by atoms with Crippen molar-refractivity contribution in [2.45, 2.75) is 59.4 Å². The van der Waals surface area contributed by atoms with Crippen LogP contribution in [0.15, 0.2) is 0 Å². The molecule has 0 aliphatic rings. The van der Waals surface area contributed by atoms with Crippen molar-refractivity contribution in [3.05, 3.63) is 0 Å². The van der Waals surface area contributed by atoms with Crippen molar-refractivity contribution >= 4 is 11.9 Å². The summed E-state index contributed by atoms with van der Waals surface area (Å²) < 4.78 is 0. The van der Waals surface area contributed by atoms with Gasteiger partial charge in [-0.15, -0.1) is 0 Å². The Morgan fingerprint density at radius 1 is 1.32 bits per heavy atom. The first-order valence-electron chi connectivity index (χ1n) is 6.99. The van der Waals surface area contributed by atoms with Gasteiger partial charge in [-0.3, -0.25) is 9.59 Å². The second-order valence-corrected chi connectivity index (χ2v) is 5.75. The number of nitrogens with two attached hydrogens (primary N) is 1. The third kappa shape index (κ3) is 6.57. The summed E-state index contributed by atoms with van der Waals surface area (Å²) in [6.07, 6.45) is 3.08. The molecule has 0 aromatic heterocycles. The van der Waals surface area contributed by atoms with Gasteiger partial charge in [-0.05, 0) is 33.1 Å². The average molecular weight is 272 g/mol. The van der Waals surface area contributed by atoms with Gasteiger partial charge in [-0.2, -0.15) is 0 Å². The molecule has 0 aromatic rings. The van der Waals surface area contributed by atoms with Gasteiger partial charge in [0.05, 0.1) is 5.41 Å². The molecular weight excluding hydrogens is 244 g/mol. The molecule has 0 aromatic carbocycles. The van der Waals surface area contributed by atoms with Gasteiger partial charge in [0.15, 0.2) is 0 Å². The van der Waals surface area contributed by atoms with E-state index in [-0.39, 0.29) is 24.4 Å². The maximum atomic E-state index is 11.9. The van der Waals surface area contributed by atoms with Gasteiger partial charge in [-0.25, -0.2) is 0 Å². The molecule has 0 saturated carbocycles. The monoisotopic (exact) mass is 272 g/mol. The maximum absolute atomic E-state index is 11.9. The van der Waals surface area contributed by atoms with Crippen LogP contribution in [0.2, 0.25) is 0 Å². The van der Waals surface area contributed by atoms with E-state index in [9.17, 15) is 9.59 Å². The summed E-state index contributed by atoms with van der Waals surface area (Å²) in [6.45, 7) is 7.45. The molecule has 0 aliphatic carbocycles. The molecule has 112 valence electrons. The van der Waals surface area contributed by atoms with Crippen LogP contribution in [0.1, 0.15) is 53.4 Å². The summed E-state index contributed by atoms with van der Waals surface area (Å²) in [4.78, 5) is 23.0. The fourth-order valence-corrected chi connectivity index (χ4v) is 1.69. The molecule has 0 fully saturated rings. The second-order valence-electron chi connectivity index (χ2n) is 5.75. The zero-order chi connectivity index (χ0) is 15.1. The Morgan fingerprint density at radius 3 is 2.32 bits per heavy atom. The first-order chi connectivity index (χ1) is 8.73. The Hall–Kier alpha value is -1.10. The van der Waals surface area contributed by atoms with Gasteiger partial charge in [0.1, 0.15) is 0 Å². The lowest BCUT2D eigenvalue weighted by atomic mass is 9.87. The van der Waals surface area contributed by atoms with Gasteiger partial charge >= 0.3 is 5.97 Å². The minimum Gasteiger partial charge on any atom is -0.481 e. The lowest BCUT2D eigenvalue weighted by Crippen LogP contribution is -2.42. The van der Waals surface area contributed by atoms with E-state index in [1.807, 2.05) is 20.8 Å².